The van der Waals surface area contributed by atoms with Crippen molar-refractivity contribution in [2.24, 2.45) is 5.92 Å². The van der Waals surface area contributed by atoms with Crippen molar-refractivity contribution < 1.29 is 9.42 Å². The molecular formula is C13H20N4O2. The van der Waals surface area contributed by atoms with Gasteiger partial charge in [-0.1, -0.05) is 19.3 Å². The van der Waals surface area contributed by atoms with Crippen LogP contribution in [0.3, 0.4) is 0 Å². The van der Waals surface area contributed by atoms with Crippen LogP contribution in [-0.2, 0) is 0 Å². The number of carbonyl (C=O) groups is 1. The molecule has 0 unspecified atom stereocenters. The van der Waals surface area contributed by atoms with Gasteiger partial charge < -0.3 is 10.6 Å². The molecule has 0 saturated heterocycles. The number of nitrogens with two attached hydrogens (primary N) is 1. The molecule has 6 heteroatoms. The summed E-state index contributed by atoms with van der Waals surface area (Å²) in [5.74, 6) is 0.602. The molecule has 0 atom stereocenters. The Morgan fingerprint density at radius 2 is 1.95 bits per heavy atom. The first-order chi connectivity index (χ1) is 9.25. The van der Waals surface area contributed by atoms with E-state index < -0.39 is 0 Å². The van der Waals surface area contributed by atoms with E-state index >= 15 is 0 Å². The van der Waals surface area contributed by atoms with Crippen molar-refractivity contribution in [3.05, 3.63) is 5.69 Å². The van der Waals surface area contributed by atoms with E-state index in [0.29, 0.717) is 12.0 Å². The Labute approximate surface area is 112 Å². The standard InChI is InChI=1S/C13H20N4O2/c14-12-11(15-19-16-12)13(18)17(10-6-7-10)8-9-4-2-1-3-5-9/h9-10H,1-8H2,(H2,14,16). The SMILES string of the molecule is Nc1nonc1C(=O)N(CC1CCCCC1)C1CC1. The quantitative estimate of drug-likeness (QED) is 0.896. The highest BCUT2D eigenvalue weighted by atomic mass is 16.6. The van der Waals surface area contributed by atoms with E-state index in [1.54, 1.807) is 0 Å². The third-order valence-corrected chi connectivity index (χ3v) is 4.14. The summed E-state index contributed by atoms with van der Waals surface area (Å²) >= 11 is 0. The number of amides is 1. The van der Waals surface area contributed by atoms with E-state index in [4.69, 9.17) is 5.73 Å². The second-order valence-electron chi connectivity index (χ2n) is 5.69. The first kappa shape index (κ1) is 12.4. The lowest BCUT2D eigenvalue weighted by molar-refractivity contribution is 0.0688. The molecule has 1 aromatic rings. The van der Waals surface area contributed by atoms with Crippen molar-refractivity contribution in [2.45, 2.75) is 51.0 Å². The van der Waals surface area contributed by atoms with Gasteiger partial charge in [0.2, 0.25) is 11.5 Å². The van der Waals surface area contributed by atoms with Crippen molar-refractivity contribution >= 4 is 11.7 Å². The lowest BCUT2D eigenvalue weighted by Crippen LogP contribution is -2.38. The zero-order chi connectivity index (χ0) is 13.2. The lowest BCUT2D eigenvalue weighted by atomic mass is 9.89. The molecule has 1 aromatic heterocycles. The molecule has 0 bridgehead atoms. The molecule has 1 amide bonds. The zero-order valence-electron chi connectivity index (χ0n) is 11.0. The molecule has 104 valence electrons. The van der Waals surface area contributed by atoms with E-state index in [0.717, 1.165) is 19.4 Å². The van der Waals surface area contributed by atoms with Gasteiger partial charge in [-0.3, -0.25) is 4.79 Å². The minimum absolute atomic E-state index is 0.0966. The number of nitrogen functional groups attached to an aromatic ring is 1. The third-order valence-electron chi connectivity index (χ3n) is 4.14. The normalized spacial score (nSPS) is 20.4. The predicted octanol–water partition coefficient (Wildman–Crippen LogP) is 1.84. The molecule has 2 aliphatic rings. The highest BCUT2D eigenvalue weighted by Crippen LogP contribution is 2.32. The van der Waals surface area contributed by atoms with Gasteiger partial charge in [0.05, 0.1) is 0 Å². The number of hydrogen-bond donors (Lipinski definition) is 1. The van der Waals surface area contributed by atoms with Crippen LogP contribution in [0.25, 0.3) is 0 Å². The Bertz CT molecular complexity index is 449. The summed E-state index contributed by atoms with van der Waals surface area (Å²) in [6.45, 7) is 0.829. The Morgan fingerprint density at radius 3 is 2.53 bits per heavy atom. The van der Waals surface area contributed by atoms with Gasteiger partial charge in [0, 0.05) is 12.6 Å². The summed E-state index contributed by atoms with van der Waals surface area (Å²) < 4.78 is 4.53. The smallest absolute Gasteiger partial charge is 0.280 e. The molecule has 2 fully saturated rings. The number of anilines is 1. The van der Waals surface area contributed by atoms with Crippen LogP contribution in [0.5, 0.6) is 0 Å². The van der Waals surface area contributed by atoms with Crippen LogP contribution in [0.4, 0.5) is 5.82 Å². The second-order valence-corrected chi connectivity index (χ2v) is 5.69. The maximum Gasteiger partial charge on any atom is 0.280 e. The van der Waals surface area contributed by atoms with Crippen molar-refractivity contribution in [3.63, 3.8) is 0 Å². The average molecular weight is 264 g/mol. The van der Waals surface area contributed by atoms with Crippen LogP contribution in [0.2, 0.25) is 0 Å². The minimum atomic E-state index is -0.119. The summed E-state index contributed by atoms with van der Waals surface area (Å²) in [5.41, 5.74) is 5.79. The van der Waals surface area contributed by atoms with Crippen LogP contribution in [0.15, 0.2) is 4.63 Å². The largest absolute Gasteiger partial charge is 0.379 e. The maximum atomic E-state index is 12.5. The maximum absolute atomic E-state index is 12.5. The first-order valence-corrected chi connectivity index (χ1v) is 7.14. The summed E-state index contributed by atoms with van der Waals surface area (Å²) in [6, 6.07) is 0.366. The van der Waals surface area contributed by atoms with E-state index in [9.17, 15) is 4.79 Å². The van der Waals surface area contributed by atoms with Gasteiger partial charge in [-0.25, -0.2) is 4.63 Å². The molecule has 3 rings (SSSR count). The number of hydrogen-bond acceptors (Lipinski definition) is 5. The van der Waals surface area contributed by atoms with E-state index in [-0.39, 0.29) is 17.4 Å². The summed E-state index contributed by atoms with van der Waals surface area (Å²) in [6.07, 6.45) is 8.52. The number of rotatable bonds is 4. The molecule has 1 heterocycles. The number of carbonyl (C=O) groups excluding carboxylic acids is 1. The molecular weight excluding hydrogens is 244 g/mol. The Balaban J connectivity index is 1.70. The summed E-state index contributed by atoms with van der Waals surface area (Å²) in [7, 11) is 0. The fraction of sp³-hybridized carbons (Fsp3) is 0.769. The Morgan fingerprint density at radius 1 is 1.21 bits per heavy atom. The molecule has 0 aromatic carbocycles. The highest BCUT2D eigenvalue weighted by molar-refractivity contribution is 5.96. The topological polar surface area (TPSA) is 85.2 Å². The lowest BCUT2D eigenvalue weighted by Gasteiger charge is -2.29. The summed E-state index contributed by atoms with van der Waals surface area (Å²) in [5, 5.41) is 7.13. The van der Waals surface area contributed by atoms with Crippen LogP contribution >= 0.6 is 0 Å². The zero-order valence-corrected chi connectivity index (χ0v) is 11.0. The second kappa shape index (κ2) is 5.19. The van der Waals surface area contributed by atoms with Crippen LogP contribution < -0.4 is 5.73 Å². The van der Waals surface area contributed by atoms with Gasteiger partial charge in [-0.15, -0.1) is 0 Å². The fourth-order valence-corrected chi connectivity index (χ4v) is 2.91. The van der Waals surface area contributed by atoms with Gasteiger partial charge >= 0.3 is 0 Å². The van der Waals surface area contributed by atoms with Crippen molar-refractivity contribution in [3.8, 4) is 0 Å². The molecule has 2 saturated carbocycles. The van der Waals surface area contributed by atoms with Gasteiger partial charge in [-0.05, 0) is 41.9 Å². The van der Waals surface area contributed by atoms with Crippen LogP contribution in [-0.4, -0.2) is 33.7 Å². The van der Waals surface area contributed by atoms with Gasteiger partial charge in [0.25, 0.3) is 5.91 Å². The molecule has 6 nitrogen and oxygen atoms in total. The predicted molar refractivity (Wildman–Crippen MR) is 69.3 cm³/mol. The molecule has 19 heavy (non-hydrogen) atoms. The fourth-order valence-electron chi connectivity index (χ4n) is 2.91. The van der Waals surface area contributed by atoms with E-state index in [1.807, 2.05) is 4.90 Å². The van der Waals surface area contributed by atoms with Crippen LogP contribution in [0, 0.1) is 5.92 Å². The molecule has 0 radical (unpaired) electrons. The molecule has 0 spiro atoms. The highest BCUT2D eigenvalue weighted by Gasteiger charge is 2.36. The van der Waals surface area contributed by atoms with Gasteiger partial charge in [0.1, 0.15) is 0 Å². The van der Waals surface area contributed by atoms with Crippen molar-refractivity contribution in [1.29, 1.82) is 0 Å². The Kier molecular flexibility index (Phi) is 3.40. The average Bonchev–Trinajstić information content (AvgIpc) is 3.18. The molecule has 0 aliphatic heterocycles. The van der Waals surface area contributed by atoms with Gasteiger partial charge in [-0.2, -0.15) is 0 Å². The van der Waals surface area contributed by atoms with Crippen LogP contribution in [0.1, 0.15) is 55.4 Å². The number of nitrogens with zero attached hydrogens (tertiary/aromatic N) is 3. The van der Waals surface area contributed by atoms with Crippen molar-refractivity contribution in [1.82, 2.24) is 15.2 Å². The Hall–Kier alpha value is -1.59. The molecule has 2 N–H and O–H groups in total. The first-order valence-electron chi connectivity index (χ1n) is 7.14. The number of aromatic nitrogens is 2. The van der Waals surface area contributed by atoms with E-state index in [2.05, 4.69) is 14.9 Å². The van der Waals surface area contributed by atoms with Gasteiger partial charge in [0.15, 0.2) is 0 Å². The minimum Gasteiger partial charge on any atom is -0.379 e. The monoisotopic (exact) mass is 264 g/mol. The molecule has 2 aliphatic carbocycles. The summed E-state index contributed by atoms with van der Waals surface area (Å²) in [4.78, 5) is 14.4. The van der Waals surface area contributed by atoms with E-state index in [1.165, 1.54) is 32.1 Å². The van der Waals surface area contributed by atoms with Crippen molar-refractivity contribution in [2.75, 3.05) is 12.3 Å². The third kappa shape index (κ3) is 2.72.